The molecule has 0 aromatic heterocycles. The van der Waals surface area contributed by atoms with Crippen LogP contribution < -0.4 is 10.2 Å². The average Bonchev–Trinajstić information content (AvgIpc) is 2.78. The van der Waals surface area contributed by atoms with Gasteiger partial charge < -0.3 is 10.2 Å². The number of sulfone groups is 1. The number of hydrogen-bond acceptors (Lipinski definition) is 4. The minimum absolute atomic E-state index is 0.0417. The second-order valence-electron chi connectivity index (χ2n) is 6.22. The van der Waals surface area contributed by atoms with Crippen LogP contribution >= 0.6 is 0 Å². The van der Waals surface area contributed by atoms with E-state index >= 15 is 0 Å². The van der Waals surface area contributed by atoms with E-state index in [1.807, 2.05) is 12.1 Å². The van der Waals surface area contributed by atoms with E-state index < -0.39 is 9.84 Å². The van der Waals surface area contributed by atoms with Crippen LogP contribution in [0.2, 0.25) is 0 Å². The lowest BCUT2D eigenvalue weighted by molar-refractivity contribution is -0.119. The smallest absolute Gasteiger partial charge is 0.220 e. The Morgan fingerprint density at radius 2 is 2.05 bits per heavy atom. The van der Waals surface area contributed by atoms with Crippen LogP contribution in [0.25, 0.3) is 0 Å². The average molecular weight is 308 g/mol. The van der Waals surface area contributed by atoms with Crippen LogP contribution in [0, 0.1) is 5.41 Å². The predicted octanol–water partition coefficient (Wildman–Crippen LogP) is 1.20. The lowest BCUT2D eigenvalue weighted by Gasteiger charge is -2.41. The van der Waals surface area contributed by atoms with Crippen LogP contribution in [0.3, 0.4) is 0 Å². The van der Waals surface area contributed by atoms with E-state index in [-0.39, 0.29) is 11.3 Å². The fourth-order valence-corrected chi connectivity index (χ4v) is 4.39. The Hall–Kier alpha value is -1.56. The van der Waals surface area contributed by atoms with Crippen LogP contribution in [0.4, 0.5) is 5.69 Å². The van der Waals surface area contributed by atoms with Gasteiger partial charge in [-0.25, -0.2) is 8.42 Å². The van der Waals surface area contributed by atoms with Gasteiger partial charge in [0, 0.05) is 37.7 Å². The van der Waals surface area contributed by atoms with E-state index in [2.05, 4.69) is 10.2 Å². The maximum Gasteiger partial charge on any atom is 0.220 e. The van der Waals surface area contributed by atoms with Crippen molar-refractivity contribution in [1.82, 2.24) is 5.32 Å². The van der Waals surface area contributed by atoms with Crippen molar-refractivity contribution >= 4 is 21.4 Å². The molecule has 6 heteroatoms. The van der Waals surface area contributed by atoms with Crippen molar-refractivity contribution in [2.24, 2.45) is 5.41 Å². The Morgan fingerprint density at radius 3 is 2.71 bits per heavy atom. The van der Waals surface area contributed by atoms with E-state index in [1.165, 1.54) is 6.26 Å². The molecule has 1 aromatic rings. The summed E-state index contributed by atoms with van der Waals surface area (Å²) in [6, 6.07) is 7.13. The second-order valence-corrected chi connectivity index (χ2v) is 8.20. The monoisotopic (exact) mass is 308 g/mol. The van der Waals surface area contributed by atoms with E-state index in [4.69, 9.17) is 0 Å². The maximum absolute atomic E-state index is 12.0. The number of nitrogens with one attached hydrogen (secondary N) is 1. The summed E-state index contributed by atoms with van der Waals surface area (Å²) in [5.74, 6) is 0.105. The molecule has 1 aromatic carbocycles. The Morgan fingerprint density at radius 1 is 1.29 bits per heavy atom. The molecule has 1 spiro atoms. The van der Waals surface area contributed by atoms with Crippen molar-refractivity contribution in [1.29, 1.82) is 0 Å². The first kappa shape index (κ1) is 14.4. The minimum Gasteiger partial charge on any atom is -0.370 e. The third kappa shape index (κ3) is 2.77. The Labute approximate surface area is 125 Å². The van der Waals surface area contributed by atoms with Crippen LogP contribution in [0.5, 0.6) is 0 Å². The number of nitrogens with zero attached hydrogens (tertiary/aromatic N) is 1. The summed E-state index contributed by atoms with van der Waals surface area (Å²) in [5, 5.41) is 2.91. The fraction of sp³-hybridized carbons (Fsp3) is 0.533. The molecule has 2 aliphatic heterocycles. The Bertz CT molecular complexity index is 671. The van der Waals surface area contributed by atoms with Crippen molar-refractivity contribution in [3.63, 3.8) is 0 Å². The van der Waals surface area contributed by atoms with Crippen LogP contribution in [0.15, 0.2) is 29.2 Å². The Balaban J connectivity index is 1.93. The standard InChI is InChI=1S/C15H20N2O3S/c1-21(19,20)13-6-3-2-5-12(13)17-8-4-7-15(11-17)9-14(18)16-10-15/h2-3,5-6H,4,7-11H2,1H3,(H,16,18). The summed E-state index contributed by atoms with van der Waals surface area (Å²) in [4.78, 5) is 14.1. The molecule has 2 saturated heterocycles. The van der Waals surface area contributed by atoms with Gasteiger partial charge in [0.15, 0.2) is 9.84 Å². The molecule has 0 saturated carbocycles. The van der Waals surface area contributed by atoms with Crippen LogP contribution in [-0.4, -0.2) is 40.2 Å². The first-order chi connectivity index (χ1) is 9.90. The molecule has 2 aliphatic rings. The van der Waals surface area contributed by atoms with E-state index in [1.54, 1.807) is 12.1 Å². The van der Waals surface area contributed by atoms with Crippen molar-refractivity contribution in [3.8, 4) is 0 Å². The highest BCUT2D eigenvalue weighted by Gasteiger charge is 2.42. The third-order valence-electron chi connectivity index (χ3n) is 4.46. The summed E-state index contributed by atoms with van der Waals surface area (Å²) < 4.78 is 23.9. The molecule has 114 valence electrons. The highest BCUT2D eigenvalue weighted by molar-refractivity contribution is 7.90. The molecule has 0 radical (unpaired) electrons. The minimum atomic E-state index is -3.25. The normalized spacial score (nSPS) is 26.1. The van der Waals surface area contributed by atoms with Gasteiger partial charge >= 0.3 is 0 Å². The molecular formula is C15H20N2O3S. The zero-order valence-corrected chi connectivity index (χ0v) is 12.9. The van der Waals surface area contributed by atoms with Crippen molar-refractivity contribution in [2.75, 3.05) is 30.8 Å². The first-order valence-electron chi connectivity index (χ1n) is 7.20. The number of carbonyl (C=O) groups is 1. The summed E-state index contributed by atoms with van der Waals surface area (Å²) in [6.45, 7) is 2.27. The SMILES string of the molecule is CS(=O)(=O)c1ccccc1N1CCCC2(CNC(=O)C2)C1. The molecule has 1 atom stereocenters. The number of para-hydroxylation sites is 1. The van der Waals surface area contributed by atoms with Gasteiger partial charge in [0.1, 0.15) is 0 Å². The van der Waals surface area contributed by atoms with Gasteiger partial charge in [0.05, 0.1) is 10.6 Å². The Kier molecular flexibility index (Phi) is 3.43. The number of rotatable bonds is 2. The van der Waals surface area contributed by atoms with Gasteiger partial charge in [-0.15, -0.1) is 0 Å². The number of piperidine rings is 1. The molecule has 3 rings (SSSR count). The van der Waals surface area contributed by atoms with Crippen molar-refractivity contribution in [3.05, 3.63) is 24.3 Å². The van der Waals surface area contributed by atoms with Gasteiger partial charge in [-0.3, -0.25) is 4.79 Å². The van der Waals surface area contributed by atoms with Gasteiger partial charge in [0.2, 0.25) is 5.91 Å². The molecule has 21 heavy (non-hydrogen) atoms. The first-order valence-corrected chi connectivity index (χ1v) is 9.10. The van der Waals surface area contributed by atoms with Gasteiger partial charge in [-0.1, -0.05) is 12.1 Å². The molecule has 1 unspecified atom stereocenters. The van der Waals surface area contributed by atoms with Gasteiger partial charge in [0.25, 0.3) is 0 Å². The molecule has 2 fully saturated rings. The highest BCUT2D eigenvalue weighted by Crippen LogP contribution is 2.39. The zero-order chi connectivity index (χ0) is 15.1. The van der Waals surface area contributed by atoms with Crippen molar-refractivity contribution in [2.45, 2.75) is 24.2 Å². The summed E-state index contributed by atoms with van der Waals surface area (Å²) >= 11 is 0. The number of anilines is 1. The third-order valence-corrected chi connectivity index (χ3v) is 5.61. The lowest BCUT2D eigenvalue weighted by atomic mass is 9.79. The highest BCUT2D eigenvalue weighted by atomic mass is 32.2. The largest absolute Gasteiger partial charge is 0.370 e. The molecule has 0 bridgehead atoms. The predicted molar refractivity (Wildman–Crippen MR) is 81.1 cm³/mol. The second kappa shape index (κ2) is 5.02. The van der Waals surface area contributed by atoms with E-state index in [0.29, 0.717) is 17.9 Å². The van der Waals surface area contributed by atoms with Gasteiger partial charge in [-0.2, -0.15) is 0 Å². The molecular weight excluding hydrogens is 288 g/mol. The van der Waals surface area contributed by atoms with Gasteiger partial charge in [-0.05, 0) is 25.0 Å². The number of benzene rings is 1. The molecule has 2 heterocycles. The number of carbonyl (C=O) groups excluding carboxylic acids is 1. The molecule has 1 amide bonds. The summed E-state index contributed by atoms with van der Waals surface area (Å²) in [7, 11) is -3.25. The number of hydrogen-bond donors (Lipinski definition) is 1. The van der Waals surface area contributed by atoms with Crippen LogP contribution in [0.1, 0.15) is 19.3 Å². The summed E-state index contributed by atoms with van der Waals surface area (Å²) in [5.41, 5.74) is 0.721. The number of amides is 1. The molecule has 5 nitrogen and oxygen atoms in total. The topological polar surface area (TPSA) is 66.5 Å². The fourth-order valence-electron chi connectivity index (χ4n) is 3.49. The molecule has 1 N–H and O–H groups in total. The van der Waals surface area contributed by atoms with Crippen molar-refractivity contribution < 1.29 is 13.2 Å². The zero-order valence-electron chi connectivity index (χ0n) is 12.1. The maximum atomic E-state index is 12.0. The lowest BCUT2D eigenvalue weighted by Crippen LogP contribution is -2.45. The van der Waals surface area contributed by atoms with Crippen LogP contribution in [-0.2, 0) is 14.6 Å². The molecule has 0 aliphatic carbocycles. The van der Waals surface area contributed by atoms with E-state index in [9.17, 15) is 13.2 Å². The van der Waals surface area contributed by atoms with E-state index in [0.717, 1.165) is 31.6 Å². The quantitative estimate of drug-likeness (QED) is 0.891. The summed E-state index contributed by atoms with van der Waals surface area (Å²) in [6.07, 6.45) is 3.78.